The van der Waals surface area contributed by atoms with Crippen LogP contribution in [0.1, 0.15) is 0 Å². The molecule has 0 saturated carbocycles. The molecule has 5 heteroatoms. The molecule has 0 N–H and O–H groups in total. The van der Waals surface area contributed by atoms with Crippen molar-refractivity contribution in [3.63, 3.8) is 0 Å². The smallest absolute Gasteiger partial charge is 0.288 e. The Morgan fingerprint density at radius 1 is 1.31 bits per heavy atom. The number of nitrogens with zero attached hydrogens (tertiary/aromatic N) is 2. The van der Waals surface area contributed by atoms with Crippen LogP contribution in [-0.4, -0.2) is 9.55 Å². The number of hydrogen-bond acceptors (Lipinski definition) is 3. The lowest BCUT2D eigenvalue weighted by atomic mass is 10.4. The Morgan fingerprint density at radius 3 is 2.81 bits per heavy atom. The molecule has 0 fully saturated rings. The van der Waals surface area contributed by atoms with Crippen LogP contribution in [0.3, 0.4) is 0 Å². The Kier molecular flexibility index (Phi) is 3.79. The van der Waals surface area contributed by atoms with Gasteiger partial charge in [0.05, 0.1) is 10.3 Å². The van der Waals surface area contributed by atoms with Gasteiger partial charge in [-0.3, -0.25) is 4.57 Å². The lowest BCUT2D eigenvalue weighted by Gasteiger charge is -2.04. The molecule has 0 aliphatic carbocycles. The minimum absolute atomic E-state index is 0.230. The molecule has 0 radical (unpaired) electrons. The van der Waals surface area contributed by atoms with Crippen LogP contribution in [0, 0.1) is 0 Å². The first kappa shape index (κ1) is 11.4. The molecule has 0 amide bonds. The highest BCUT2D eigenvalue weighted by molar-refractivity contribution is 9.10. The first-order valence-electron chi connectivity index (χ1n) is 4.65. The second-order valence-corrected chi connectivity index (χ2v) is 5.04. The van der Waals surface area contributed by atoms with Gasteiger partial charge in [-0.2, -0.15) is 0 Å². The molecule has 1 aromatic heterocycles. The zero-order valence-electron chi connectivity index (χ0n) is 8.34. The molecule has 3 nitrogen and oxygen atoms in total. The van der Waals surface area contributed by atoms with Crippen molar-refractivity contribution in [2.75, 3.05) is 0 Å². The van der Waals surface area contributed by atoms with Gasteiger partial charge >= 0.3 is 5.69 Å². The summed E-state index contributed by atoms with van der Waals surface area (Å²) in [6.07, 6.45) is 3.25. The molecular weight excluding hydrogens is 288 g/mol. The zero-order chi connectivity index (χ0) is 11.4. The van der Waals surface area contributed by atoms with Gasteiger partial charge in [0, 0.05) is 17.3 Å². The predicted molar refractivity (Wildman–Crippen MR) is 68.5 cm³/mol. The Morgan fingerprint density at radius 2 is 2.06 bits per heavy atom. The van der Waals surface area contributed by atoms with Gasteiger partial charge in [0.2, 0.25) is 0 Å². The van der Waals surface area contributed by atoms with Gasteiger partial charge in [-0.25, -0.2) is 9.78 Å². The molecule has 16 heavy (non-hydrogen) atoms. The van der Waals surface area contributed by atoms with E-state index in [1.54, 1.807) is 22.5 Å². The summed E-state index contributed by atoms with van der Waals surface area (Å²) in [5, 5.41) is 0. The van der Waals surface area contributed by atoms with Crippen molar-refractivity contribution in [1.29, 1.82) is 0 Å². The van der Waals surface area contributed by atoms with Crippen LogP contribution in [0.25, 0.3) is 0 Å². The van der Waals surface area contributed by atoms with Crippen LogP contribution in [0.2, 0.25) is 0 Å². The van der Waals surface area contributed by atoms with Crippen molar-refractivity contribution in [2.45, 2.75) is 10.8 Å². The average molecular weight is 297 g/mol. The monoisotopic (exact) mass is 296 g/mol. The van der Waals surface area contributed by atoms with E-state index in [1.165, 1.54) is 6.20 Å². The third-order valence-electron chi connectivity index (χ3n) is 1.94. The Labute approximate surface area is 106 Å². The van der Waals surface area contributed by atoms with Gasteiger partial charge < -0.3 is 0 Å². The predicted octanol–water partition coefficient (Wildman–Crippen LogP) is 2.76. The summed E-state index contributed by atoms with van der Waals surface area (Å²) in [7, 11) is 0. The van der Waals surface area contributed by atoms with E-state index in [-0.39, 0.29) is 5.69 Å². The SMILES string of the molecule is O=c1ncc(Br)cn1CSc1ccccc1. The largest absolute Gasteiger partial charge is 0.348 e. The van der Waals surface area contributed by atoms with E-state index in [4.69, 9.17) is 0 Å². The Bertz CT molecular complexity index is 527. The van der Waals surface area contributed by atoms with Gasteiger partial charge in [-0.15, -0.1) is 11.8 Å². The lowest BCUT2D eigenvalue weighted by Crippen LogP contribution is -2.20. The summed E-state index contributed by atoms with van der Waals surface area (Å²) in [5.74, 6) is 0.565. The maximum atomic E-state index is 11.4. The normalized spacial score (nSPS) is 10.3. The van der Waals surface area contributed by atoms with Crippen LogP contribution in [-0.2, 0) is 5.88 Å². The van der Waals surface area contributed by atoms with E-state index in [1.807, 2.05) is 30.3 Å². The maximum absolute atomic E-state index is 11.4. The highest BCUT2D eigenvalue weighted by atomic mass is 79.9. The number of hydrogen-bond donors (Lipinski definition) is 0. The summed E-state index contributed by atoms with van der Waals surface area (Å²) >= 11 is 4.89. The fourth-order valence-electron chi connectivity index (χ4n) is 1.18. The first-order valence-corrected chi connectivity index (χ1v) is 6.43. The molecule has 1 aromatic carbocycles. The van der Waals surface area contributed by atoms with Crippen LogP contribution in [0.5, 0.6) is 0 Å². The molecule has 2 rings (SSSR count). The molecule has 82 valence electrons. The van der Waals surface area contributed by atoms with Crippen LogP contribution in [0.4, 0.5) is 0 Å². The molecule has 2 aromatic rings. The summed E-state index contributed by atoms with van der Waals surface area (Å²) in [4.78, 5) is 16.3. The van der Waals surface area contributed by atoms with Crippen molar-refractivity contribution in [1.82, 2.24) is 9.55 Å². The van der Waals surface area contributed by atoms with Gasteiger partial charge in [-0.05, 0) is 28.1 Å². The van der Waals surface area contributed by atoms with Gasteiger partial charge in [0.25, 0.3) is 0 Å². The van der Waals surface area contributed by atoms with Crippen molar-refractivity contribution in [2.24, 2.45) is 0 Å². The molecule has 0 atom stereocenters. The van der Waals surface area contributed by atoms with Crippen molar-refractivity contribution in [3.8, 4) is 0 Å². The minimum atomic E-state index is -0.230. The third-order valence-corrected chi connectivity index (χ3v) is 3.36. The highest BCUT2D eigenvalue weighted by Gasteiger charge is 1.99. The summed E-state index contributed by atoms with van der Waals surface area (Å²) in [6, 6.07) is 9.95. The molecular formula is C11H9BrN2OS. The molecule has 0 aliphatic heterocycles. The fourth-order valence-corrected chi connectivity index (χ4v) is 2.35. The fraction of sp³-hybridized carbons (Fsp3) is 0.0909. The first-order chi connectivity index (χ1) is 7.75. The minimum Gasteiger partial charge on any atom is -0.288 e. The Hall–Kier alpha value is -1.07. The number of thioether (sulfide) groups is 1. The summed E-state index contributed by atoms with van der Waals surface area (Å²) in [5.41, 5.74) is -0.230. The third kappa shape index (κ3) is 2.96. The van der Waals surface area contributed by atoms with Gasteiger partial charge in [-0.1, -0.05) is 18.2 Å². The van der Waals surface area contributed by atoms with Gasteiger partial charge in [0.15, 0.2) is 0 Å². The topological polar surface area (TPSA) is 34.9 Å². The van der Waals surface area contributed by atoms with Crippen LogP contribution >= 0.6 is 27.7 Å². The quantitative estimate of drug-likeness (QED) is 0.817. The van der Waals surface area contributed by atoms with E-state index in [0.29, 0.717) is 5.88 Å². The number of rotatable bonds is 3. The second-order valence-electron chi connectivity index (χ2n) is 3.11. The standard InChI is InChI=1S/C11H9BrN2OS/c12-9-6-13-11(15)14(7-9)8-16-10-4-2-1-3-5-10/h1-7H,8H2. The van der Waals surface area contributed by atoms with E-state index in [0.717, 1.165) is 9.37 Å². The van der Waals surface area contributed by atoms with E-state index in [9.17, 15) is 4.79 Å². The second kappa shape index (κ2) is 5.32. The van der Waals surface area contributed by atoms with Crippen LogP contribution in [0.15, 0.2) is 56.9 Å². The van der Waals surface area contributed by atoms with Crippen molar-refractivity contribution < 1.29 is 0 Å². The molecule has 0 aliphatic rings. The highest BCUT2D eigenvalue weighted by Crippen LogP contribution is 2.18. The van der Waals surface area contributed by atoms with Gasteiger partial charge in [0.1, 0.15) is 0 Å². The van der Waals surface area contributed by atoms with Crippen molar-refractivity contribution in [3.05, 3.63) is 57.7 Å². The van der Waals surface area contributed by atoms with Crippen molar-refractivity contribution >= 4 is 27.7 Å². The lowest BCUT2D eigenvalue weighted by molar-refractivity contribution is 0.788. The van der Waals surface area contributed by atoms with E-state index in [2.05, 4.69) is 20.9 Å². The van der Waals surface area contributed by atoms with Crippen LogP contribution < -0.4 is 5.69 Å². The van der Waals surface area contributed by atoms with E-state index >= 15 is 0 Å². The molecule has 0 saturated heterocycles. The van der Waals surface area contributed by atoms with E-state index < -0.39 is 0 Å². The molecule has 1 heterocycles. The maximum Gasteiger partial charge on any atom is 0.348 e. The molecule has 0 bridgehead atoms. The average Bonchev–Trinajstić information content (AvgIpc) is 2.32. The Balaban J connectivity index is 2.11. The summed E-state index contributed by atoms with van der Waals surface area (Å²) < 4.78 is 2.38. The zero-order valence-corrected chi connectivity index (χ0v) is 10.7. The summed E-state index contributed by atoms with van der Waals surface area (Å²) in [6.45, 7) is 0. The molecule has 0 unspecified atom stereocenters. The molecule has 0 spiro atoms. The number of aromatic nitrogens is 2. The number of benzene rings is 1. The number of halogens is 1.